The van der Waals surface area contributed by atoms with Crippen molar-refractivity contribution >= 4 is 37.9 Å². The number of rotatable bonds is 1. The highest BCUT2D eigenvalue weighted by molar-refractivity contribution is 9.28. The van der Waals surface area contributed by atoms with E-state index in [-0.39, 0.29) is 5.82 Å². The molecule has 0 radical (unpaired) electrons. The van der Waals surface area contributed by atoms with Gasteiger partial charge in [-0.15, -0.1) is 0 Å². The second-order valence-corrected chi connectivity index (χ2v) is 5.21. The van der Waals surface area contributed by atoms with Gasteiger partial charge in [-0.25, -0.2) is 4.39 Å². The Morgan fingerprint density at radius 2 is 2.08 bits per heavy atom. The summed E-state index contributed by atoms with van der Waals surface area (Å²) in [6.45, 7) is 1.94. The molecule has 1 aromatic carbocycles. The van der Waals surface area contributed by atoms with E-state index in [1.807, 2.05) is 13.0 Å². The van der Waals surface area contributed by atoms with E-state index in [1.54, 1.807) is 6.07 Å². The summed E-state index contributed by atoms with van der Waals surface area (Å²) in [5.74, 6) is -0.215. The fourth-order valence-electron chi connectivity index (χ4n) is 0.884. The number of hydrogen-bond acceptors (Lipinski definition) is 0. The summed E-state index contributed by atoms with van der Waals surface area (Å²) in [6, 6.07) is 4.71. The number of aryl methyl sites for hydroxylation is 1. The van der Waals surface area contributed by atoms with Crippen molar-refractivity contribution in [2.75, 3.05) is 0 Å². The molecule has 0 N–H and O–H groups in total. The van der Waals surface area contributed by atoms with Crippen molar-refractivity contribution in [3.8, 4) is 0 Å². The lowest BCUT2D eigenvalue weighted by atomic mass is 10.1. The maximum atomic E-state index is 12.7. The molecule has 0 heterocycles. The van der Waals surface area contributed by atoms with Crippen LogP contribution in [0.1, 0.15) is 11.1 Å². The third kappa shape index (κ3) is 2.72. The van der Waals surface area contributed by atoms with Crippen LogP contribution in [0.5, 0.6) is 0 Å². The van der Waals surface area contributed by atoms with Gasteiger partial charge in [-0.2, -0.15) is 0 Å². The molecule has 0 aliphatic heterocycles. The molecular formula is C9H7Br2F. The Labute approximate surface area is 87.7 Å². The Bertz CT molecular complexity index is 314. The van der Waals surface area contributed by atoms with E-state index in [2.05, 4.69) is 31.9 Å². The van der Waals surface area contributed by atoms with Gasteiger partial charge in [-0.3, -0.25) is 0 Å². The highest BCUT2D eigenvalue weighted by atomic mass is 79.9. The van der Waals surface area contributed by atoms with Gasteiger partial charge in [0, 0.05) is 0 Å². The van der Waals surface area contributed by atoms with Crippen LogP contribution in [0.15, 0.2) is 21.6 Å². The lowest BCUT2D eigenvalue weighted by molar-refractivity contribution is 0.627. The van der Waals surface area contributed by atoms with Crippen molar-refractivity contribution < 1.29 is 4.39 Å². The van der Waals surface area contributed by atoms with Gasteiger partial charge in [0.25, 0.3) is 0 Å². The van der Waals surface area contributed by atoms with E-state index in [4.69, 9.17) is 0 Å². The molecule has 0 spiro atoms. The molecule has 0 aliphatic rings. The largest absolute Gasteiger partial charge is 0.207 e. The number of hydrogen-bond donors (Lipinski definition) is 0. The Hall–Kier alpha value is -0.150. The monoisotopic (exact) mass is 292 g/mol. The SMILES string of the molecule is Cc1ccc(F)cc1C=C(Br)Br. The summed E-state index contributed by atoms with van der Waals surface area (Å²) in [5, 5.41) is 0. The predicted octanol–water partition coefficient (Wildman–Crippen LogP) is 4.22. The standard InChI is InChI=1S/C9H7Br2F/c1-6-2-3-8(12)4-7(6)5-9(10)11/h2-5H,1H3. The Balaban J connectivity index is 3.14. The molecule has 0 fully saturated rings. The van der Waals surface area contributed by atoms with Crippen molar-refractivity contribution in [1.82, 2.24) is 0 Å². The molecule has 0 nitrogen and oxygen atoms in total. The Morgan fingerprint density at radius 1 is 1.42 bits per heavy atom. The van der Waals surface area contributed by atoms with Crippen LogP contribution in [0.2, 0.25) is 0 Å². The minimum absolute atomic E-state index is 0.215. The molecular weight excluding hydrogens is 287 g/mol. The van der Waals surface area contributed by atoms with Gasteiger partial charge >= 0.3 is 0 Å². The molecule has 1 rings (SSSR count). The highest BCUT2D eigenvalue weighted by Gasteiger charge is 1.97. The molecule has 0 unspecified atom stereocenters. The molecule has 0 aromatic heterocycles. The summed E-state index contributed by atoms with van der Waals surface area (Å²) in [4.78, 5) is 0. The zero-order valence-corrected chi connectivity index (χ0v) is 9.62. The van der Waals surface area contributed by atoms with Gasteiger partial charge in [-0.05, 0) is 68.1 Å². The lowest BCUT2D eigenvalue weighted by Gasteiger charge is -1.99. The van der Waals surface area contributed by atoms with Crippen LogP contribution in [-0.2, 0) is 0 Å². The first-order valence-electron chi connectivity index (χ1n) is 3.38. The van der Waals surface area contributed by atoms with Crippen LogP contribution >= 0.6 is 31.9 Å². The molecule has 1 aromatic rings. The van der Waals surface area contributed by atoms with Gasteiger partial charge in [0.1, 0.15) is 5.82 Å². The van der Waals surface area contributed by atoms with Crippen LogP contribution in [0.4, 0.5) is 4.39 Å². The van der Waals surface area contributed by atoms with Gasteiger partial charge < -0.3 is 0 Å². The van der Waals surface area contributed by atoms with Gasteiger partial charge in [0.05, 0.1) is 3.39 Å². The summed E-state index contributed by atoms with van der Waals surface area (Å²) in [5.41, 5.74) is 1.92. The fraction of sp³-hybridized carbons (Fsp3) is 0.111. The number of benzene rings is 1. The van der Waals surface area contributed by atoms with Crippen LogP contribution in [0, 0.1) is 12.7 Å². The molecule has 0 amide bonds. The summed E-state index contributed by atoms with van der Waals surface area (Å²) in [6.07, 6.45) is 1.82. The third-order valence-electron chi connectivity index (χ3n) is 1.51. The highest BCUT2D eigenvalue weighted by Crippen LogP contribution is 2.20. The quantitative estimate of drug-likeness (QED) is 0.727. The topological polar surface area (TPSA) is 0 Å². The first-order chi connectivity index (χ1) is 5.59. The maximum Gasteiger partial charge on any atom is 0.123 e. The van der Waals surface area contributed by atoms with Crippen molar-refractivity contribution in [3.05, 3.63) is 38.5 Å². The smallest absolute Gasteiger partial charge is 0.123 e. The molecule has 0 saturated heterocycles. The Kier molecular flexibility index (Phi) is 3.47. The molecule has 0 bridgehead atoms. The molecule has 0 saturated carbocycles. The van der Waals surface area contributed by atoms with E-state index in [0.717, 1.165) is 14.5 Å². The van der Waals surface area contributed by atoms with Crippen LogP contribution < -0.4 is 0 Å². The zero-order valence-electron chi connectivity index (χ0n) is 6.44. The normalized spacial score (nSPS) is 9.67. The first-order valence-corrected chi connectivity index (χ1v) is 4.97. The predicted molar refractivity (Wildman–Crippen MR) is 57.0 cm³/mol. The maximum absolute atomic E-state index is 12.7. The number of halogens is 3. The third-order valence-corrected chi connectivity index (χ3v) is 1.96. The first kappa shape index (κ1) is 9.93. The van der Waals surface area contributed by atoms with Gasteiger partial charge in [-0.1, -0.05) is 6.07 Å². The van der Waals surface area contributed by atoms with Crippen molar-refractivity contribution in [3.63, 3.8) is 0 Å². The van der Waals surface area contributed by atoms with Crippen LogP contribution in [0.25, 0.3) is 6.08 Å². The summed E-state index contributed by atoms with van der Waals surface area (Å²) in [7, 11) is 0. The van der Waals surface area contributed by atoms with Crippen molar-refractivity contribution in [1.29, 1.82) is 0 Å². The average Bonchev–Trinajstić information content (AvgIpc) is 1.96. The van der Waals surface area contributed by atoms with E-state index < -0.39 is 0 Å². The van der Waals surface area contributed by atoms with E-state index >= 15 is 0 Å². The zero-order chi connectivity index (χ0) is 9.14. The minimum Gasteiger partial charge on any atom is -0.207 e. The molecule has 0 aliphatic carbocycles. The average molecular weight is 294 g/mol. The summed E-state index contributed by atoms with van der Waals surface area (Å²) < 4.78 is 13.5. The lowest BCUT2D eigenvalue weighted by Crippen LogP contribution is -1.82. The fourth-order valence-corrected chi connectivity index (χ4v) is 1.38. The van der Waals surface area contributed by atoms with E-state index in [0.29, 0.717) is 0 Å². The van der Waals surface area contributed by atoms with Crippen LogP contribution in [0.3, 0.4) is 0 Å². The van der Waals surface area contributed by atoms with Crippen molar-refractivity contribution in [2.45, 2.75) is 6.92 Å². The Morgan fingerprint density at radius 3 is 2.67 bits per heavy atom. The van der Waals surface area contributed by atoms with Crippen molar-refractivity contribution in [2.24, 2.45) is 0 Å². The molecule has 0 atom stereocenters. The van der Waals surface area contributed by atoms with Gasteiger partial charge in [0.15, 0.2) is 0 Å². The summed E-state index contributed by atoms with van der Waals surface area (Å²) >= 11 is 6.45. The minimum atomic E-state index is -0.215. The van der Waals surface area contributed by atoms with E-state index in [1.165, 1.54) is 12.1 Å². The van der Waals surface area contributed by atoms with Crippen LogP contribution in [-0.4, -0.2) is 0 Å². The van der Waals surface area contributed by atoms with E-state index in [9.17, 15) is 4.39 Å². The second kappa shape index (κ2) is 4.19. The van der Waals surface area contributed by atoms with Gasteiger partial charge in [0.2, 0.25) is 0 Å². The molecule has 64 valence electrons. The second-order valence-electron chi connectivity index (χ2n) is 2.43. The molecule has 12 heavy (non-hydrogen) atoms. The molecule has 3 heteroatoms.